The first-order valence-electron chi connectivity index (χ1n) is 4.93. The van der Waals surface area contributed by atoms with Crippen molar-refractivity contribution in [2.75, 3.05) is 0 Å². The highest BCUT2D eigenvalue weighted by Crippen LogP contribution is 2.24. The van der Waals surface area contributed by atoms with Gasteiger partial charge in [-0.15, -0.1) is 0 Å². The summed E-state index contributed by atoms with van der Waals surface area (Å²) in [5, 5.41) is 0. The standard InChI is InChI=1S/C12H9BrN2O/c1-7-4-8(6-16-7)12-14-10-3-2-9(13)5-11(10)15-12/h2-6H,1H3,(H,14,15). The molecule has 0 radical (unpaired) electrons. The Hall–Kier alpha value is -1.55. The smallest absolute Gasteiger partial charge is 0.141 e. The number of aryl methyl sites for hydroxylation is 1. The predicted molar refractivity (Wildman–Crippen MR) is 66.2 cm³/mol. The lowest BCUT2D eigenvalue weighted by atomic mass is 10.3. The Kier molecular flexibility index (Phi) is 2.11. The van der Waals surface area contributed by atoms with Crippen molar-refractivity contribution in [1.29, 1.82) is 0 Å². The van der Waals surface area contributed by atoms with E-state index in [9.17, 15) is 0 Å². The van der Waals surface area contributed by atoms with Gasteiger partial charge in [0.2, 0.25) is 0 Å². The molecular weight excluding hydrogens is 268 g/mol. The van der Waals surface area contributed by atoms with E-state index in [1.807, 2.05) is 31.2 Å². The molecule has 0 unspecified atom stereocenters. The number of aromatic amines is 1. The van der Waals surface area contributed by atoms with Crippen LogP contribution in [0.3, 0.4) is 0 Å². The largest absolute Gasteiger partial charge is 0.469 e. The van der Waals surface area contributed by atoms with Crippen molar-refractivity contribution < 1.29 is 4.42 Å². The van der Waals surface area contributed by atoms with E-state index < -0.39 is 0 Å². The van der Waals surface area contributed by atoms with Crippen LogP contribution in [0.25, 0.3) is 22.4 Å². The lowest BCUT2D eigenvalue weighted by Crippen LogP contribution is -1.74. The molecule has 2 aromatic heterocycles. The van der Waals surface area contributed by atoms with Gasteiger partial charge in [0, 0.05) is 4.47 Å². The fraction of sp³-hybridized carbons (Fsp3) is 0.0833. The maximum Gasteiger partial charge on any atom is 0.141 e. The minimum atomic E-state index is 0.838. The molecule has 0 aliphatic rings. The number of halogens is 1. The second-order valence-electron chi connectivity index (χ2n) is 3.69. The van der Waals surface area contributed by atoms with Gasteiger partial charge in [0.05, 0.1) is 16.6 Å². The molecule has 0 aliphatic heterocycles. The number of H-pyrrole nitrogens is 1. The Morgan fingerprint density at radius 3 is 2.94 bits per heavy atom. The monoisotopic (exact) mass is 276 g/mol. The molecule has 4 heteroatoms. The van der Waals surface area contributed by atoms with Crippen LogP contribution in [0, 0.1) is 6.92 Å². The molecule has 16 heavy (non-hydrogen) atoms. The molecule has 3 rings (SSSR count). The van der Waals surface area contributed by atoms with Gasteiger partial charge in [-0.25, -0.2) is 4.98 Å². The zero-order valence-corrected chi connectivity index (χ0v) is 10.2. The molecule has 0 atom stereocenters. The van der Waals surface area contributed by atoms with Crippen molar-refractivity contribution in [3.63, 3.8) is 0 Å². The number of hydrogen-bond acceptors (Lipinski definition) is 2. The number of rotatable bonds is 1. The Morgan fingerprint density at radius 2 is 2.19 bits per heavy atom. The first-order chi connectivity index (χ1) is 7.72. The van der Waals surface area contributed by atoms with E-state index in [0.29, 0.717) is 0 Å². The van der Waals surface area contributed by atoms with Crippen LogP contribution in [-0.4, -0.2) is 9.97 Å². The van der Waals surface area contributed by atoms with E-state index in [1.54, 1.807) is 6.26 Å². The maximum absolute atomic E-state index is 5.27. The van der Waals surface area contributed by atoms with Gasteiger partial charge in [-0.3, -0.25) is 0 Å². The molecular formula is C12H9BrN2O. The van der Waals surface area contributed by atoms with Crippen molar-refractivity contribution in [3.8, 4) is 11.4 Å². The molecule has 3 aromatic rings. The molecule has 2 heterocycles. The van der Waals surface area contributed by atoms with Gasteiger partial charge >= 0.3 is 0 Å². The SMILES string of the molecule is Cc1cc(-c2nc3ccc(Br)cc3[nH]2)co1. The summed E-state index contributed by atoms with van der Waals surface area (Å²) in [4.78, 5) is 7.77. The van der Waals surface area contributed by atoms with Crippen LogP contribution in [0.1, 0.15) is 5.76 Å². The van der Waals surface area contributed by atoms with Gasteiger partial charge < -0.3 is 9.40 Å². The second-order valence-corrected chi connectivity index (χ2v) is 4.61. The highest BCUT2D eigenvalue weighted by molar-refractivity contribution is 9.10. The fourth-order valence-corrected chi connectivity index (χ4v) is 2.05. The van der Waals surface area contributed by atoms with Crippen LogP contribution >= 0.6 is 15.9 Å². The number of imidazole rings is 1. The normalized spacial score (nSPS) is 11.1. The summed E-state index contributed by atoms with van der Waals surface area (Å²) < 4.78 is 6.31. The topological polar surface area (TPSA) is 41.8 Å². The van der Waals surface area contributed by atoms with Crippen molar-refractivity contribution >= 4 is 27.0 Å². The number of fused-ring (bicyclic) bond motifs is 1. The summed E-state index contributed by atoms with van der Waals surface area (Å²) in [5.74, 6) is 1.72. The average Bonchev–Trinajstić information content (AvgIpc) is 2.83. The zero-order valence-electron chi connectivity index (χ0n) is 8.62. The Labute approximate surface area is 101 Å². The van der Waals surface area contributed by atoms with Crippen LogP contribution in [0.4, 0.5) is 0 Å². The Balaban J connectivity index is 2.18. The lowest BCUT2D eigenvalue weighted by molar-refractivity contribution is 0.535. The highest BCUT2D eigenvalue weighted by Gasteiger charge is 2.07. The van der Waals surface area contributed by atoms with Crippen molar-refractivity contribution in [1.82, 2.24) is 9.97 Å². The molecule has 0 saturated heterocycles. The van der Waals surface area contributed by atoms with Crippen molar-refractivity contribution in [2.24, 2.45) is 0 Å². The summed E-state index contributed by atoms with van der Waals surface area (Å²) in [6.45, 7) is 1.92. The van der Waals surface area contributed by atoms with E-state index in [0.717, 1.165) is 32.7 Å². The van der Waals surface area contributed by atoms with E-state index in [1.165, 1.54) is 0 Å². The predicted octanol–water partition coefficient (Wildman–Crippen LogP) is 3.89. The number of furan rings is 1. The lowest BCUT2D eigenvalue weighted by Gasteiger charge is -1.87. The van der Waals surface area contributed by atoms with Gasteiger partial charge in [-0.2, -0.15) is 0 Å². The van der Waals surface area contributed by atoms with Gasteiger partial charge in [-0.05, 0) is 31.2 Å². The Morgan fingerprint density at radius 1 is 1.31 bits per heavy atom. The van der Waals surface area contributed by atoms with Crippen LogP contribution in [0.2, 0.25) is 0 Å². The molecule has 0 aliphatic carbocycles. The molecule has 0 spiro atoms. The zero-order chi connectivity index (χ0) is 11.1. The Bertz CT molecular complexity index is 654. The summed E-state index contributed by atoms with van der Waals surface area (Å²) in [7, 11) is 0. The summed E-state index contributed by atoms with van der Waals surface area (Å²) in [5.41, 5.74) is 2.95. The van der Waals surface area contributed by atoms with Gasteiger partial charge in [0.25, 0.3) is 0 Å². The molecule has 0 amide bonds. The van der Waals surface area contributed by atoms with Crippen LogP contribution in [0.5, 0.6) is 0 Å². The number of hydrogen-bond donors (Lipinski definition) is 1. The minimum absolute atomic E-state index is 0.838. The average molecular weight is 277 g/mol. The summed E-state index contributed by atoms with van der Waals surface area (Å²) >= 11 is 3.44. The van der Waals surface area contributed by atoms with Gasteiger partial charge in [-0.1, -0.05) is 15.9 Å². The van der Waals surface area contributed by atoms with E-state index in [-0.39, 0.29) is 0 Å². The maximum atomic E-state index is 5.27. The van der Waals surface area contributed by atoms with Crippen LogP contribution < -0.4 is 0 Å². The quantitative estimate of drug-likeness (QED) is 0.733. The molecule has 0 bridgehead atoms. The van der Waals surface area contributed by atoms with Crippen molar-refractivity contribution in [3.05, 3.63) is 40.8 Å². The number of nitrogens with one attached hydrogen (secondary N) is 1. The first-order valence-corrected chi connectivity index (χ1v) is 5.72. The molecule has 1 N–H and O–H groups in total. The number of aromatic nitrogens is 2. The third kappa shape index (κ3) is 1.55. The highest BCUT2D eigenvalue weighted by atomic mass is 79.9. The van der Waals surface area contributed by atoms with Crippen LogP contribution in [0.15, 0.2) is 39.4 Å². The third-order valence-electron chi connectivity index (χ3n) is 2.45. The molecule has 80 valence electrons. The number of benzene rings is 1. The first kappa shape index (κ1) is 9.66. The van der Waals surface area contributed by atoms with Crippen molar-refractivity contribution in [2.45, 2.75) is 6.92 Å². The molecule has 3 nitrogen and oxygen atoms in total. The third-order valence-corrected chi connectivity index (χ3v) is 2.94. The van der Waals surface area contributed by atoms with E-state index in [2.05, 4.69) is 25.9 Å². The minimum Gasteiger partial charge on any atom is -0.469 e. The van der Waals surface area contributed by atoms with E-state index >= 15 is 0 Å². The second kappa shape index (κ2) is 3.49. The molecule has 0 fully saturated rings. The van der Waals surface area contributed by atoms with Gasteiger partial charge in [0.15, 0.2) is 0 Å². The molecule has 0 saturated carbocycles. The molecule has 1 aromatic carbocycles. The summed E-state index contributed by atoms with van der Waals surface area (Å²) in [6, 6.07) is 7.94. The van der Waals surface area contributed by atoms with E-state index in [4.69, 9.17) is 4.42 Å². The van der Waals surface area contributed by atoms with Crippen LogP contribution in [-0.2, 0) is 0 Å². The van der Waals surface area contributed by atoms with Gasteiger partial charge in [0.1, 0.15) is 17.8 Å². The fourth-order valence-electron chi connectivity index (χ4n) is 1.69. The number of nitrogens with zero attached hydrogens (tertiary/aromatic N) is 1. The summed E-state index contributed by atoms with van der Waals surface area (Å²) in [6.07, 6.45) is 1.71.